The van der Waals surface area contributed by atoms with E-state index in [0.717, 1.165) is 11.8 Å². The van der Waals surface area contributed by atoms with Gasteiger partial charge in [0.2, 0.25) is 0 Å². The van der Waals surface area contributed by atoms with E-state index in [9.17, 15) is 9.59 Å². The number of esters is 1. The maximum atomic E-state index is 13.1. The number of nitrogens with one attached hydrogen (secondary N) is 1. The van der Waals surface area contributed by atoms with Gasteiger partial charge in [-0.3, -0.25) is 4.79 Å². The predicted molar refractivity (Wildman–Crippen MR) is 121 cm³/mol. The molecule has 1 amide bonds. The number of pyridine rings is 1. The number of carbonyl (C=O) groups is 2. The largest absolute Gasteiger partial charge is 0.463 e. The molecule has 1 aromatic carbocycles. The van der Waals surface area contributed by atoms with E-state index in [2.05, 4.69) is 17.2 Å². The highest BCUT2D eigenvalue weighted by molar-refractivity contribution is 6.05. The van der Waals surface area contributed by atoms with E-state index in [-0.39, 0.29) is 11.9 Å². The number of carbonyl (C=O) groups excluding carboxylic acids is 2. The van der Waals surface area contributed by atoms with Crippen LogP contribution >= 0.6 is 0 Å². The summed E-state index contributed by atoms with van der Waals surface area (Å²) >= 11 is 0. The molecule has 1 N–H and O–H groups in total. The van der Waals surface area contributed by atoms with Crippen molar-refractivity contribution in [3.63, 3.8) is 0 Å². The Morgan fingerprint density at radius 2 is 1.97 bits per heavy atom. The first kappa shape index (κ1) is 20.7. The third kappa shape index (κ3) is 3.90. The lowest BCUT2D eigenvalue weighted by atomic mass is 9.84. The number of fused-ring (bicyclic) bond motifs is 3. The highest BCUT2D eigenvalue weighted by atomic mass is 16.5. The van der Waals surface area contributed by atoms with Crippen LogP contribution in [0.5, 0.6) is 0 Å². The quantitative estimate of drug-likeness (QED) is 0.556. The van der Waals surface area contributed by atoms with Crippen LogP contribution in [0.2, 0.25) is 0 Å². The Morgan fingerprint density at radius 3 is 2.69 bits per heavy atom. The molecule has 6 heteroatoms. The number of para-hydroxylation sites is 1. The number of furan rings is 1. The number of hydrogen-bond donors (Lipinski definition) is 1. The third-order valence-electron chi connectivity index (χ3n) is 7.17. The lowest BCUT2D eigenvalue weighted by Gasteiger charge is -2.29. The van der Waals surface area contributed by atoms with Gasteiger partial charge in [-0.05, 0) is 75.1 Å². The molecule has 2 aliphatic carbocycles. The van der Waals surface area contributed by atoms with Crippen LogP contribution in [0.3, 0.4) is 0 Å². The molecule has 5 rings (SSSR count). The molecule has 0 saturated heterocycles. The second-order valence-corrected chi connectivity index (χ2v) is 9.23. The van der Waals surface area contributed by atoms with E-state index in [1.54, 1.807) is 31.4 Å². The van der Waals surface area contributed by atoms with Crippen molar-refractivity contribution in [1.82, 2.24) is 10.3 Å². The van der Waals surface area contributed by atoms with Crippen LogP contribution in [0.25, 0.3) is 22.4 Å². The van der Waals surface area contributed by atoms with Crippen molar-refractivity contribution in [3.05, 3.63) is 54.3 Å². The normalized spacial score (nSPS) is 23.8. The van der Waals surface area contributed by atoms with Crippen LogP contribution in [0, 0.1) is 17.8 Å². The standard InChI is InChI=1S/C26H28N2O4/c1-15(20-13-17-9-10-18(20)12-17)27-25(29)16(2)32-26(30)21-14-23(24-8-5-11-31-24)28-22-7-4-3-6-19(21)22/h3-8,11,14-18,20H,9-10,12-13H2,1-2H3,(H,27,29)/t15-,16+,17+,18+,20-/m1/s1. The van der Waals surface area contributed by atoms with Gasteiger partial charge in [0.15, 0.2) is 11.9 Å². The summed E-state index contributed by atoms with van der Waals surface area (Å²) in [6.45, 7) is 3.70. The van der Waals surface area contributed by atoms with E-state index in [1.165, 1.54) is 25.7 Å². The van der Waals surface area contributed by atoms with Gasteiger partial charge in [-0.25, -0.2) is 9.78 Å². The van der Waals surface area contributed by atoms with Crippen molar-refractivity contribution in [2.45, 2.75) is 51.7 Å². The first-order chi connectivity index (χ1) is 15.5. The van der Waals surface area contributed by atoms with Gasteiger partial charge in [0.1, 0.15) is 5.69 Å². The van der Waals surface area contributed by atoms with Gasteiger partial charge >= 0.3 is 5.97 Å². The number of nitrogens with zero attached hydrogens (tertiary/aromatic N) is 1. The number of hydrogen-bond acceptors (Lipinski definition) is 5. The van der Waals surface area contributed by atoms with E-state index in [1.807, 2.05) is 24.3 Å². The molecule has 32 heavy (non-hydrogen) atoms. The van der Waals surface area contributed by atoms with Gasteiger partial charge in [0.25, 0.3) is 5.91 Å². The number of aromatic nitrogens is 1. The zero-order valence-electron chi connectivity index (χ0n) is 18.4. The number of ether oxygens (including phenoxy) is 1. The molecule has 3 aromatic rings. The highest BCUT2D eigenvalue weighted by Crippen LogP contribution is 2.49. The van der Waals surface area contributed by atoms with Gasteiger partial charge in [-0.1, -0.05) is 24.6 Å². The maximum Gasteiger partial charge on any atom is 0.339 e. The van der Waals surface area contributed by atoms with Crippen molar-refractivity contribution in [1.29, 1.82) is 0 Å². The first-order valence-electron chi connectivity index (χ1n) is 11.4. The summed E-state index contributed by atoms with van der Waals surface area (Å²) in [6.07, 6.45) is 5.76. The summed E-state index contributed by atoms with van der Waals surface area (Å²) in [5.41, 5.74) is 1.57. The fourth-order valence-corrected chi connectivity index (χ4v) is 5.53. The maximum absolute atomic E-state index is 13.1. The molecule has 5 atom stereocenters. The minimum Gasteiger partial charge on any atom is -0.463 e. The Kier molecular flexibility index (Phi) is 5.45. The molecular formula is C26H28N2O4. The highest BCUT2D eigenvalue weighted by Gasteiger charge is 2.42. The first-order valence-corrected chi connectivity index (χ1v) is 11.4. The summed E-state index contributed by atoms with van der Waals surface area (Å²) in [5.74, 6) is 1.83. The minimum absolute atomic E-state index is 0.0891. The fourth-order valence-electron chi connectivity index (χ4n) is 5.53. The molecule has 0 radical (unpaired) electrons. The summed E-state index contributed by atoms with van der Waals surface area (Å²) < 4.78 is 11.1. The number of rotatable bonds is 6. The van der Waals surface area contributed by atoms with Crippen molar-refractivity contribution in [2.75, 3.05) is 0 Å². The molecule has 6 nitrogen and oxygen atoms in total. The zero-order valence-corrected chi connectivity index (χ0v) is 18.4. The van der Waals surface area contributed by atoms with Crippen molar-refractivity contribution in [3.8, 4) is 11.5 Å². The second kappa shape index (κ2) is 8.41. The molecule has 2 aliphatic rings. The van der Waals surface area contributed by atoms with E-state index in [4.69, 9.17) is 9.15 Å². The molecule has 166 valence electrons. The Labute approximate surface area is 187 Å². The molecule has 2 saturated carbocycles. The third-order valence-corrected chi connectivity index (χ3v) is 7.17. The molecule has 2 aromatic heterocycles. The minimum atomic E-state index is -0.887. The van der Waals surface area contributed by atoms with Gasteiger partial charge in [-0.2, -0.15) is 0 Å². The average molecular weight is 433 g/mol. The number of benzene rings is 1. The lowest BCUT2D eigenvalue weighted by molar-refractivity contribution is -0.130. The lowest BCUT2D eigenvalue weighted by Crippen LogP contribution is -2.45. The molecule has 0 unspecified atom stereocenters. The predicted octanol–water partition coefficient (Wildman–Crippen LogP) is 4.98. The monoisotopic (exact) mass is 432 g/mol. The smallest absolute Gasteiger partial charge is 0.339 e. The second-order valence-electron chi connectivity index (χ2n) is 9.23. The molecule has 0 aliphatic heterocycles. The van der Waals surface area contributed by atoms with Gasteiger partial charge < -0.3 is 14.5 Å². The Hall–Kier alpha value is -3.15. The van der Waals surface area contributed by atoms with Crippen LogP contribution in [-0.2, 0) is 9.53 Å². The summed E-state index contributed by atoms with van der Waals surface area (Å²) in [5, 5.41) is 3.77. The Balaban J connectivity index is 1.31. The molecular weight excluding hydrogens is 404 g/mol. The van der Waals surface area contributed by atoms with Crippen LogP contribution in [0.1, 0.15) is 49.9 Å². The summed E-state index contributed by atoms with van der Waals surface area (Å²) in [6, 6.07) is 12.7. The summed E-state index contributed by atoms with van der Waals surface area (Å²) in [4.78, 5) is 30.5. The van der Waals surface area contributed by atoms with Crippen LogP contribution in [0.4, 0.5) is 0 Å². The van der Waals surface area contributed by atoms with E-state index < -0.39 is 12.1 Å². The van der Waals surface area contributed by atoms with E-state index >= 15 is 0 Å². The van der Waals surface area contributed by atoms with Crippen LogP contribution in [-0.4, -0.2) is 29.0 Å². The molecule has 2 fully saturated rings. The van der Waals surface area contributed by atoms with Gasteiger partial charge in [-0.15, -0.1) is 0 Å². The summed E-state index contributed by atoms with van der Waals surface area (Å²) in [7, 11) is 0. The molecule has 2 bridgehead atoms. The zero-order chi connectivity index (χ0) is 22.2. The average Bonchev–Trinajstić information content (AvgIpc) is 3.56. The molecule has 0 spiro atoms. The van der Waals surface area contributed by atoms with Crippen LogP contribution < -0.4 is 5.32 Å². The van der Waals surface area contributed by atoms with Gasteiger partial charge in [0.05, 0.1) is 17.3 Å². The SMILES string of the molecule is C[C@H](OC(=O)c1cc(-c2ccco2)nc2ccccc12)C(=O)N[C@H](C)[C@H]1C[C@H]2CC[C@H]1C2. The van der Waals surface area contributed by atoms with Crippen molar-refractivity contribution in [2.24, 2.45) is 17.8 Å². The van der Waals surface area contributed by atoms with E-state index in [0.29, 0.717) is 33.8 Å². The fraction of sp³-hybridized carbons (Fsp3) is 0.423. The van der Waals surface area contributed by atoms with Crippen LogP contribution in [0.15, 0.2) is 53.1 Å². The Bertz CT molecular complexity index is 1140. The Morgan fingerprint density at radius 1 is 1.12 bits per heavy atom. The van der Waals surface area contributed by atoms with Crippen molar-refractivity contribution >= 4 is 22.8 Å². The van der Waals surface area contributed by atoms with Crippen molar-refractivity contribution < 1.29 is 18.7 Å². The molecule has 2 heterocycles. The topological polar surface area (TPSA) is 81.4 Å². The number of amides is 1. The van der Waals surface area contributed by atoms with Gasteiger partial charge in [0, 0.05) is 11.4 Å².